The highest BCUT2D eigenvalue weighted by atomic mass is 32.1. The van der Waals surface area contributed by atoms with Crippen LogP contribution in [0.3, 0.4) is 0 Å². The van der Waals surface area contributed by atoms with Gasteiger partial charge in [0.2, 0.25) is 0 Å². The number of fused-ring (bicyclic) bond motifs is 2. The van der Waals surface area contributed by atoms with Gasteiger partial charge in [-0.25, -0.2) is 4.98 Å². The van der Waals surface area contributed by atoms with E-state index in [1.807, 2.05) is 5.38 Å². The normalized spacial score (nSPS) is 13.2. The van der Waals surface area contributed by atoms with Crippen LogP contribution in [0.2, 0.25) is 0 Å². The first-order chi connectivity index (χ1) is 13.2. The predicted molar refractivity (Wildman–Crippen MR) is 114 cm³/mol. The Morgan fingerprint density at radius 2 is 2.07 bits per heavy atom. The molecule has 3 aromatic heterocycles. The monoisotopic (exact) mass is 393 g/mol. The molecule has 4 nitrogen and oxygen atoms in total. The summed E-state index contributed by atoms with van der Waals surface area (Å²) >= 11 is 3.24. The van der Waals surface area contributed by atoms with E-state index >= 15 is 0 Å². The molecule has 6 heteroatoms. The van der Waals surface area contributed by atoms with Crippen molar-refractivity contribution in [3.05, 3.63) is 67.9 Å². The van der Waals surface area contributed by atoms with E-state index in [2.05, 4.69) is 52.5 Å². The highest BCUT2D eigenvalue weighted by Gasteiger charge is 2.15. The molecule has 0 bridgehead atoms. The molecule has 0 saturated heterocycles. The lowest BCUT2D eigenvalue weighted by Gasteiger charge is -2.08. The van der Waals surface area contributed by atoms with Crippen LogP contribution in [0.15, 0.2) is 40.5 Å². The van der Waals surface area contributed by atoms with Gasteiger partial charge < -0.3 is 10.3 Å². The van der Waals surface area contributed by atoms with Crippen LogP contribution in [-0.4, -0.2) is 9.97 Å². The lowest BCUT2D eigenvalue weighted by Crippen LogP contribution is -2.14. The molecule has 1 aromatic carbocycles. The van der Waals surface area contributed by atoms with Crippen LogP contribution in [0.4, 0.5) is 5.69 Å². The summed E-state index contributed by atoms with van der Waals surface area (Å²) < 4.78 is 0. The van der Waals surface area contributed by atoms with Crippen molar-refractivity contribution in [1.82, 2.24) is 9.97 Å². The number of thiophene rings is 2. The van der Waals surface area contributed by atoms with Gasteiger partial charge in [0.25, 0.3) is 5.56 Å². The predicted octanol–water partition coefficient (Wildman–Crippen LogP) is 5.12. The molecule has 4 aromatic rings. The first-order valence-corrected chi connectivity index (χ1v) is 10.8. The lowest BCUT2D eigenvalue weighted by molar-refractivity contribution is 0.911. The maximum atomic E-state index is 12.7. The molecule has 1 aliphatic rings. The zero-order valence-electron chi connectivity index (χ0n) is 15.0. The fourth-order valence-electron chi connectivity index (χ4n) is 3.71. The molecule has 1 aliphatic carbocycles. The molecule has 0 fully saturated rings. The molecule has 2 N–H and O–H groups in total. The number of hydrogen-bond donors (Lipinski definition) is 2. The summed E-state index contributed by atoms with van der Waals surface area (Å²) in [5.41, 5.74) is 4.90. The fraction of sp³-hybridized carbons (Fsp3) is 0.238. The topological polar surface area (TPSA) is 57.8 Å². The maximum Gasteiger partial charge on any atom is 0.260 e. The van der Waals surface area contributed by atoms with Gasteiger partial charge in [-0.15, -0.1) is 22.7 Å². The molecule has 27 heavy (non-hydrogen) atoms. The van der Waals surface area contributed by atoms with Gasteiger partial charge in [0.1, 0.15) is 10.7 Å². The Kier molecular flexibility index (Phi) is 4.10. The average Bonchev–Trinajstić information content (AvgIpc) is 3.38. The summed E-state index contributed by atoms with van der Waals surface area (Å²) in [5.74, 6) is 0.670. The van der Waals surface area contributed by atoms with E-state index < -0.39 is 0 Å². The second kappa shape index (κ2) is 6.62. The van der Waals surface area contributed by atoms with Crippen LogP contribution in [0.5, 0.6) is 0 Å². The molecule has 0 amide bonds. The number of H-pyrrole nitrogens is 1. The SMILES string of the molecule is Cc1ccc(-c2csc3nc(CNc4ccc5c(c4)CCC5)[nH]c(=O)c23)s1. The van der Waals surface area contributed by atoms with Crippen LogP contribution in [-0.2, 0) is 19.4 Å². The molecule has 0 aliphatic heterocycles. The van der Waals surface area contributed by atoms with E-state index in [0.29, 0.717) is 17.8 Å². The van der Waals surface area contributed by atoms with Crippen molar-refractivity contribution < 1.29 is 0 Å². The number of aromatic amines is 1. The van der Waals surface area contributed by atoms with E-state index in [1.165, 1.54) is 40.2 Å². The molecule has 3 heterocycles. The lowest BCUT2D eigenvalue weighted by atomic mass is 10.1. The van der Waals surface area contributed by atoms with Crippen LogP contribution in [0, 0.1) is 6.92 Å². The molecule has 0 unspecified atom stereocenters. The minimum Gasteiger partial charge on any atom is -0.378 e. The largest absolute Gasteiger partial charge is 0.378 e. The van der Waals surface area contributed by atoms with Crippen molar-refractivity contribution in [3.63, 3.8) is 0 Å². The Morgan fingerprint density at radius 1 is 1.19 bits per heavy atom. The van der Waals surface area contributed by atoms with Gasteiger partial charge >= 0.3 is 0 Å². The average molecular weight is 394 g/mol. The van der Waals surface area contributed by atoms with Crippen LogP contribution in [0.25, 0.3) is 20.7 Å². The summed E-state index contributed by atoms with van der Waals surface area (Å²) in [6.07, 6.45) is 3.59. The number of hydrogen-bond acceptors (Lipinski definition) is 5. The van der Waals surface area contributed by atoms with Gasteiger partial charge in [0.15, 0.2) is 0 Å². The zero-order valence-corrected chi connectivity index (χ0v) is 16.6. The second-order valence-corrected chi connectivity index (χ2v) is 9.09. The van der Waals surface area contributed by atoms with Gasteiger partial charge in [-0.3, -0.25) is 4.79 Å². The van der Waals surface area contributed by atoms with Crippen molar-refractivity contribution in [2.75, 3.05) is 5.32 Å². The number of benzene rings is 1. The summed E-state index contributed by atoms with van der Waals surface area (Å²) in [6, 6.07) is 10.7. The minimum absolute atomic E-state index is 0.0620. The number of aromatic nitrogens is 2. The fourth-order valence-corrected chi connectivity index (χ4v) is 5.63. The Hall–Kier alpha value is -2.44. The molecular formula is C21H19N3OS2. The molecular weight excluding hydrogens is 374 g/mol. The van der Waals surface area contributed by atoms with E-state index in [4.69, 9.17) is 0 Å². The third-order valence-corrected chi connectivity index (χ3v) is 6.96. The van der Waals surface area contributed by atoms with Crippen molar-refractivity contribution >= 4 is 38.6 Å². The van der Waals surface area contributed by atoms with Crippen molar-refractivity contribution in [2.45, 2.75) is 32.7 Å². The molecule has 0 spiro atoms. The van der Waals surface area contributed by atoms with Gasteiger partial charge in [-0.1, -0.05) is 6.07 Å². The highest BCUT2D eigenvalue weighted by Crippen LogP contribution is 2.35. The first kappa shape index (κ1) is 16.7. The minimum atomic E-state index is -0.0620. The number of rotatable bonds is 4. The Bertz CT molecular complexity index is 1200. The standard InChI is InChI=1S/C21H19N3OS2/c1-12-5-8-17(27-12)16-11-26-21-19(16)20(25)23-18(24-21)10-22-15-7-6-13-3-2-4-14(13)9-15/h5-9,11,22H,2-4,10H2,1H3,(H,23,24,25). The Labute approximate surface area is 164 Å². The Morgan fingerprint density at radius 3 is 2.93 bits per heavy atom. The van der Waals surface area contributed by atoms with E-state index in [0.717, 1.165) is 27.4 Å². The van der Waals surface area contributed by atoms with Crippen molar-refractivity contribution in [3.8, 4) is 10.4 Å². The number of nitrogens with one attached hydrogen (secondary N) is 2. The van der Waals surface area contributed by atoms with E-state index in [-0.39, 0.29) is 5.56 Å². The number of anilines is 1. The third kappa shape index (κ3) is 3.09. The number of aryl methyl sites for hydroxylation is 3. The highest BCUT2D eigenvalue weighted by molar-refractivity contribution is 7.19. The molecule has 0 atom stereocenters. The van der Waals surface area contributed by atoms with Gasteiger partial charge in [-0.05, 0) is 61.6 Å². The van der Waals surface area contributed by atoms with Crippen molar-refractivity contribution in [1.29, 1.82) is 0 Å². The second-order valence-electron chi connectivity index (χ2n) is 6.94. The molecule has 136 valence electrons. The molecule has 0 radical (unpaired) electrons. The summed E-state index contributed by atoms with van der Waals surface area (Å²) in [5, 5.41) is 6.13. The smallest absolute Gasteiger partial charge is 0.260 e. The Balaban J connectivity index is 1.42. The number of nitrogens with zero attached hydrogens (tertiary/aromatic N) is 1. The summed E-state index contributed by atoms with van der Waals surface area (Å²) in [6.45, 7) is 2.59. The van der Waals surface area contributed by atoms with E-state index in [1.54, 1.807) is 11.3 Å². The third-order valence-electron chi connectivity index (χ3n) is 5.06. The van der Waals surface area contributed by atoms with Crippen LogP contribution in [0.1, 0.15) is 28.2 Å². The maximum absolute atomic E-state index is 12.7. The van der Waals surface area contributed by atoms with Crippen LogP contribution >= 0.6 is 22.7 Å². The van der Waals surface area contributed by atoms with E-state index in [9.17, 15) is 4.79 Å². The first-order valence-electron chi connectivity index (χ1n) is 9.10. The summed E-state index contributed by atoms with van der Waals surface area (Å²) in [4.78, 5) is 23.5. The quantitative estimate of drug-likeness (QED) is 0.506. The van der Waals surface area contributed by atoms with Crippen LogP contribution < -0.4 is 10.9 Å². The van der Waals surface area contributed by atoms with Gasteiger partial charge in [0.05, 0.1) is 11.9 Å². The zero-order chi connectivity index (χ0) is 18.4. The van der Waals surface area contributed by atoms with Gasteiger partial charge in [-0.2, -0.15) is 0 Å². The molecule has 5 rings (SSSR count). The summed E-state index contributed by atoms with van der Waals surface area (Å²) in [7, 11) is 0. The van der Waals surface area contributed by atoms with Crippen molar-refractivity contribution in [2.24, 2.45) is 0 Å². The van der Waals surface area contributed by atoms with Gasteiger partial charge in [0, 0.05) is 26.4 Å². The molecule has 0 saturated carbocycles.